The molecule has 0 aliphatic heterocycles. The van der Waals surface area contributed by atoms with Crippen LogP contribution < -0.4 is 0 Å². The van der Waals surface area contributed by atoms with E-state index in [-0.39, 0.29) is 11.1 Å². The number of hydrogen-bond acceptors (Lipinski definition) is 2. The lowest BCUT2D eigenvalue weighted by Crippen LogP contribution is -2.10. The molecule has 0 saturated heterocycles. The molecule has 3 rings (SSSR count). The zero-order chi connectivity index (χ0) is 15.9. The zero-order valence-corrected chi connectivity index (χ0v) is 12.8. The van der Waals surface area contributed by atoms with Crippen LogP contribution in [0.3, 0.4) is 0 Å². The Kier molecular flexibility index (Phi) is 3.22. The molecule has 0 atom stereocenters. The molecule has 0 amide bonds. The summed E-state index contributed by atoms with van der Waals surface area (Å²) in [5.74, 6) is -0.401. The van der Waals surface area contributed by atoms with Gasteiger partial charge in [0.05, 0.1) is 11.2 Å². The third-order valence-corrected chi connectivity index (χ3v) is 3.73. The van der Waals surface area contributed by atoms with Gasteiger partial charge in [-0.05, 0) is 23.1 Å². The Morgan fingerprint density at radius 2 is 1.77 bits per heavy atom. The second kappa shape index (κ2) is 4.96. The van der Waals surface area contributed by atoms with E-state index in [4.69, 9.17) is 5.26 Å². The Hall–Kier alpha value is -2.67. The Morgan fingerprint density at radius 3 is 2.36 bits per heavy atom. The molecule has 0 spiro atoms. The number of nitrogens with zero attached hydrogens (tertiary/aromatic N) is 3. The van der Waals surface area contributed by atoms with Crippen LogP contribution in [0.4, 0.5) is 4.39 Å². The van der Waals surface area contributed by atoms with Crippen molar-refractivity contribution in [2.45, 2.75) is 26.2 Å². The van der Waals surface area contributed by atoms with Gasteiger partial charge in [-0.25, -0.2) is 4.98 Å². The average Bonchev–Trinajstić information content (AvgIpc) is 2.87. The van der Waals surface area contributed by atoms with Crippen LogP contribution in [0.2, 0.25) is 0 Å². The van der Waals surface area contributed by atoms with Crippen LogP contribution in [0.25, 0.3) is 16.8 Å². The minimum atomic E-state index is -0.401. The van der Waals surface area contributed by atoms with Crippen molar-refractivity contribution in [3.63, 3.8) is 0 Å². The molecule has 2 heterocycles. The molecule has 0 unspecified atom stereocenters. The topological polar surface area (TPSA) is 41.1 Å². The van der Waals surface area contributed by atoms with Crippen molar-refractivity contribution in [1.29, 1.82) is 5.26 Å². The maximum Gasteiger partial charge on any atom is 0.198 e. The van der Waals surface area contributed by atoms with Crippen LogP contribution >= 0.6 is 0 Å². The highest BCUT2D eigenvalue weighted by molar-refractivity contribution is 5.77. The summed E-state index contributed by atoms with van der Waals surface area (Å²) in [6.07, 6.45) is 1.41. The predicted octanol–water partition coefficient (Wildman–Crippen LogP) is 4.31. The molecule has 0 radical (unpaired) electrons. The van der Waals surface area contributed by atoms with E-state index >= 15 is 0 Å². The molecule has 4 heteroatoms. The van der Waals surface area contributed by atoms with E-state index in [1.54, 1.807) is 6.07 Å². The number of aromatic nitrogens is 2. The van der Waals surface area contributed by atoms with Crippen LogP contribution in [0, 0.1) is 17.3 Å². The van der Waals surface area contributed by atoms with Crippen LogP contribution in [0.15, 0.2) is 42.6 Å². The fourth-order valence-electron chi connectivity index (χ4n) is 2.47. The first-order valence-electron chi connectivity index (χ1n) is 7.09. The van der Waals surface area contributed by atoms with Gasteiger partial charge in [0.1, 0.15) is 6.07 Å². The van der Waals surface area contributed by atoms with Crippen molar-refractivity contribution < 1.29 is 4.39 Å². The molecular formula is C18H16FN3. The number of halogens is 1. The van der Waals surface area contributed by atoms with Gasteiger partial charge in [0.2, 0.25) is 0 Å². The SMILES string of the molecule is CC(C)(C)c1ccc(-c2nc(C#N)cn3c(F)ccc23)cc1. The third kappa shape index (κ3) is 2.35. The maximum atomic E-state index is 13.8. The average molecular weight is 293 g/mol. The molecule has 2 aromatic heterocycles. The summed E-state index contributed by atoms with van der Waals surface area (Å²) in [4.78, 5) is 4.35. The Morgan fingerprint density at radius 1 is 1.09 bits per heavy atom. The van der Waals surface area contributed by atoms with E-state index in [2.05, 4.69) is 25.8 Å². The highest BCUT2D eigenvalue weighted by Crippen LogP contribution is 2.28. The first-order valence-corrected chi connectivity index (χ1v) is 7.09. The van der Waals surface area contributed by atoms with Crippen LogP contribution in [0.1, 0.15) is 32.0 Å². The molecule has 0 N–H and O–H groups in total. The van der Waals surface area contributed by atoms with E-state index < -0.39 is 5.95 Å². The van der Waals surface area contributed by atoms with Crippen LogP contribution in [0.5, 0.6) is 0 Å². The van der Waals surface area contributed by atoms with E-state index in [0.717, 1.165) is 5.56 Å². The van der Waals surface area contributed by atoms with Gasteiger partial charge in [-0.3, -0.25) is 4.40 Å². The van der Waals surface area contributed by atoms with Crippen molar-refractivity contribution in [2.75, 3.05) is 0 Å². The zero-order valence-electron chi connectivity index (χ0n) is 12.8. The fourth-order valence-corrected chi connectivity index (χ4v) is 2.47. The second-order valence-electron chi connectivity index (χ2n) is 6.33. The molecular weight excluding hydrogens is 277 g/mol. The lowest BCUT2D eigenvalue weighted by Gasteiger charge is -2.19. The van der Waals surface area contributed by atoms with Gasteiger partial charge in [-0.1, -0.05) is 45.0 Å². The number of hydrogen-bond donors (Lipinski definition) is 0. The largest absolute Gasteiger partial charge is 0.289 e. The van der Waals surface area contributed by atoms with E-state index in [1.807, 2.05) is 30.3 Å². The molecule has 0 aliphatic carbocycles. The maximum absolute atomic E-state index is 13.8. The molecule has 0 aliphatic rings. The molecule has 22 heavy (non-hydrogen) atoms. The highest BCUT2D eigenvalue weighted by Gasteiger charge is 2.15. The van der Waals surface area contributed by atoms with Gasteiger partial charge in [0.25, 0.3) is 0 Å². The molecule has 110 valence electrons. The van der Waals surface area contributed by atoms with Gasteiger partial charge in [-0.15, -0.1) is 0 Å². The smallest absolute Gasteiger partial charge is 0.198 e. The van der Waals surface area contributed by atoms with Gasteiger partial charge >= 0.3 is 0 Å². The fraction of sp³-hybridized carbons (Fsp3) is 0.222. The number of rotatable bonds is 1. The predicted molar refractivity (Wildman–Crippen MR) is 84.0 cm³/mol. The molecule has 0 saturated carbocycles. The molecule has 0 bridgehead atoms. The summed E-state index contributed by atoms with van der Waals surface area (Å²) >= 11 is 0. The van der Waals surface area contributed by atoms with E-state index in [0.29, 0.717) is 11.2 Å². The molecule has 3 aromatic rings. The summed E-state index contributed by atoms with van der Waals surface area (Å²) in [5.41, 5.74) is 3.61. The summed E-state index contributed by atoms with van der Waals surface area (Å²) in [5, 5.41) is 9.10. The lowest BCUT2D eigenvalue weighted by molar-refractivity contribution is 0.573. The minimum absolute atomic E-state index is 0.0664. The molecule has 0 fully saturated rings. The van der Waals surface area contributed by atoms with Crippen molar-refractivity contribution in [1.82, 2.24) is 9.38 Å². The lowest BCUT2D eigenvalue weighted by atomic mass is 9.86. The first kappa shape index (κ1) is 14.3. The first-order chi connectivity index (χ1) is 10.4. The van der Waals surface area contributed by atoms with Crippen molar-refractivity contribution in [3.8, 4) is 17.3 Å². The van der Waals surface area contributed by atoms with Gasteiger partial charge < -0.3 is 0 Å². The minimum Gasteiger partial charge on any atom is -0.289 e. The van der Waals surface area contributed by atoms with Crippen LogP contribution in [-0.2, 0) is 5.41 Å². The number of fused-ring (bicyclic) bond motifs is 1. The Labute approximate surface area is 128 Å². The third-order valence-electron chi connectivity index (χ3n) is 3.73. The Bertz CT molecular complexity index is 878. The summed E-state index contributed by atoms with van der Waals surface area (Å²) < 4.78 is 15.2. The molecule has 1 aromatic carbocycles. The van der Waals surface area contributed by atoms with E-state index in [9.17, 15) is 4.39 Å². The molecule has 3 nitrogen and oxygen atoms in total. The van der Waals surface area contributed by atoms with Gasteiger partial charge in [0, 0.05) is 11.8 Å². The Balaban J connectivity index is 2.20. The highest BCUT2D eigenvalue weighted by atomic mass is 19.1. The van der Waals surface area contributed by atoms with Crippen molar-refractivity contribution in [2.24, 2.45) is 0 Å². The van der Waals surface area contributed by atoms with Crippen molar-refractivity contribution >= 4 is 5.52 Å². The van der Waals surface area contributed by atoms with Gasteiger partial charge in [0.15, 0.2) is 11.6 Å². The standard InChI is InChI=1S/C18H16FN3/c1-18(2,3)13-6-4-12(5-7-13)17-15-8-9-16(19)22(15)11-14(10-20)21-17/h4-9,11H,1-3H3. The number of nitriles is 1. The van der Waals surface area contributed by atoms with Gasteiger partial charge in [-0.2, -0.15) is 9.65 Å². The van der Waals surface area contributed by atoms with Crippen molar-refractivity contribution in [3.05, 3.63) is 59.8 Å². The summed E-state index contributed by atoms with van der Waals surface area (Å²) in [6.45, 7) is 6.45. The number of benzene rings is 1. The second-order valence-corrected chi connectivity index (χ2v) is 6.33. The quantitative estimate of drug-likeness (QED) is 0.671. The monoisotopic (exact) mass is 293 g/mol. The summed E-state index contributed by atoms with van der Waals surface area (Å²) in [7, 11) is 0. The normalized spacial score (nSPS) is 11.6. The summed E-state index contributed by atoms with van der Waals surface area (Å²) in [6, 6.07) is 13.1. The van der Waals surface area contributed by atoms with Crippen LogP contribution in [-0.4, -0.2) is 9.38 Å². The van der Waals surface area contributed by atoms with E-state index in [1.165, 1.54) is 22.2 Å².